The van der Waals surface area contributed by atoms with Crippen LogP contribution in [0.5, 0.6) is 0 Å². The van der Waals surface area contributed by atoms with E-state index in [1.807, 2.05) is 48.7 Å². The van der Waals surface area contributed by atoms with Gasteiger partial charge in [-0.05, 0) is 92.6 Å². The summed E-state index contributed by atoms with van der Waals surface area (Å²) in [5, 5.41) is 7.01. The van der Waals surface area contributed by atoms with Crippen LogP contribution in [0.3, 0.4) is 0 Å². The molecule has 2 atom stereocenters. The minimum atomic E-state index is -0.199. The lowest BCUT2D eigenvalue weighted by molar-refractivity contribution is -0.119. The predicted molar refractivity (Wildman–Crippen MR) is 155 cm³/mol. The van der Waals surface area contributed by atoms with Crippen molar-refractivity contribution >= 4 is 34.6 Å². The maximum Gasteiger partial charge on any atom is 0.250 e. The fraction of sp³-hybridized carbons (Fsp3) is 0.233. The zero-order valence-electron chi connectivity index (χ0n) is 21.9. The van der Waals surface area contributed by atoms with E-state index in [4.69, 9.17) is 17.0 Å². The number of amides is 1. The van der Waals surface area contributed by atoms with Crippen LogP contribution in [-0.4, -0.2) is 34.3 Å². The molecule has 1 amide bonds. The van der Waals surface area contributed by atoms with Gasteiger partial charge in [0.1, 0.15) is 6.61 Å². The van der Waals surface area contributed by atoms with Crippen molar-refractivity contribution in [2.45, 2.75) is 32.9 Å². The molecular weight excluding hydrogens is 494 g/mol. The van der Waals surface area contributed by atoms with Gasteiger partial charge < -0.3 is 24.8 Å². The lowest BCUT2D eigenvalue weighted by Gasteiger charge is -2.28. The molecule has 0 radical (unpaired) electrons. The summed E-state index contributed by atoms with van der Waals surface area (Å²) in [4.78, 5) is 18.8. The summed E-state index contributed by atoms with van der Waals surface area (Å²) in [5.41, 5.74) is 8.41. The highest BCUT2D eigenvalue weighted by Crippen LogP contribution is 2.44. The number of aryl methyl sites for hydroxylation is 2. The summed E-state index contributed by atoms with van der Waals surface area (Å²) in [6, 6.07) is 24.1. The molecule has 194 valence electrons. The van der Waals surface area contributed by atoms with E-state index in [0.717, 1.165) is 22.8 Å². The zero-order chi connectivity index (χ0) is 26.8. The highest BCUT2D eigenvalue weighted by atomic mass is 32.1. The minimum Gasteiger partial charge on any atom is -0.375 e. The molecule has 0 bridgehead atoms. The summed E-state index contributed by atoms with van der Waals surface area (Å²) in [7, 11) is 1.50. The van der Waals surface area contributed by atoms with E-state index in [9.17, 15) is 4.79 Å². The maximum absolute atomic E-state index is 12.0. The number of methoxy groups -OCH3 is 1. The standard InChI is InChI=1S/C30H31N5O2S/c1-19-9-5-6-11-26(19)34-20(2)17-24(21(34)3)29-28(25-10-7-8-16-31-25)33-30(38)35(29)23-14-12-22(13-15-23)32-27(36)18-37-4/h5-17,28-29H,18H2,1-4H3,(H,32,36)(H,33,38)/t28-,29-/m1/s1. The van der Waals surface area contributed by atoms with Crippen LogP contribution in [0.25, 0.3) is 5.69 Å². The molecule has 4 aromatic rings. The molecule has 2 N–H and O–H groups in total. The van der Waals surface area contributed by atoms with Gasteiger partial charge in [0.05, 0.1) is 17.8 Å². The second-order valence-corrected chi connectivity index (χ2v) is 9.86. The van der Waals surface area contributed by atoms with Gasteiger partial charge in [-0.1, -0.05) is 24.3 Å². The van der Waals surface area contributed by atoms with E-state index < -0.39 is 0 Å². The van der Waals surface area contributed by atoms with Crippen molar-refractivity contribution in [2.75, 3.05) is 23.9 Å². The van der Waals surface area contributed by atoms with Crippen LogP contribution < -0.4 is 15.5 Å². The largest absolute Gasteiger partial charge is 0.375 e. The van der Waals surface area contributed by atoms with Gasteiger partial charge in [-0.3, -0.25) is 9.78 Å². The second-order valence-electron chi connectivity index (χ2n) is 9.47. The lowest BCUT2D eigenvalue weighted by Crippen LogP contribution is -2.29. The Bertz CT molecular complexity index is 1470. The Hall–Kier alpha value is -4.01. The van der Waals surface area contributed by atoms with Gasteiger partial charge >= 0.3 is 0 Å². The van der Waals surface area contributed by atoms with Gasteiger partial charge in [-0.15, -0.1) is 0 Å². The number of nitrogens with one attached hydrogen (secondary N) is 2. The number of para-hydroxylation sites is 1. The molecule has 0 saturated carbocycles. The van der Waals surface area contributed by atoms with Crippen LogP contribution in [0.1, 0.15) is 40.3 Å². The number of pyridine rings is 1. The van der Waals surface area contributed by atoms with Crippen LogP contribution in [0, 0.1) is 20.8 Å². The smallest absolute Gasteiger partial charge is 0.250 e. The molecule has 0 unspecified atom stereocenters. The Balaban J connectivity index is 1.59. The van der Waals surface area contributed by atoms with E-state index in [-0.39, 0.29) is 24.6 Å². The van der Waals surface area contributed by atoms with E-state index in [2.05, 4.69) is 76.2 Å². The number of ether oxygens (including phenoxy) is 1. The molecule has 1 saturated heterocycles. The third-order valence-corrected chi connectivity index (χ3v) is 7.26. The van der Waals surface area contributed by atoms with Gasteiger partial charge in [0.15, 0.2) is 5.11 Å². The van der Waals surface area contributed by atoms with Crippen molar-refractivity contribution in [3.8, 4) is 5.69 Å². The van der Waals surface area contributed by atoms with Gasteiger partial charge in [-0.2, -0.15) is 0 Å². The molecule has 38 heavy (non-hydrogen) atoms. The van der Waals surface area contributed by atoms with Crippen LogP contribution in [0.4, 0.5) is 11.4 Å². The van der Waals surface area contributed by atoms with Gasteiger partial charge in [-0.25, -0.2) is 0 Å². The normalized spacial score (nSPS) is 16.9. The van der Waals surface area contributed by atoms with E-state index >= 15 is 0 Å². The number of benzene rings is 2. The molecule has 8 heteroatoms. The first-order chi connectivity index (χ1) is 18.4. The number of carbonyl (C=O) groups is 1. The number of hydrogen-bond donors (Lipinski definition) is 2. The Morgan fingerprint density at radius 2 is 1.79 bits per heavy atom. The second kappa shape index (κ2) is 10.8. The van der Waals surface area contributed by atoms with Crippen molar-refractivity contribution in [3.05, 3.63) is 107 Å². The van der Waals surface area contributed by atoms with Crippen molar-refractivity contribution in [1.82, 2.24) is 14.9 Å². The number of carbonyl (C=O) groups excluding carboxylic acids is 1. The van der Waals surface area contributed by atoms with Crippen molar-refractivity contribution < 1.29 is 9.53 Å². The van der Waals surface area contributed by atoms with Crippen LogP contribution in [0.15, 0.2) is 79.0 Å². The van der Waals surface area contributed by atoms with Crippen molar-refractivity contribution in [2.24, 2.45) is 0 Å². The molecule has 3 heterocycles. The van der Waals surface area contributed by atoms with Gasteiger partial charge in [0.25, 0.3) is 0 Å². The highest BCUT2D eigenvalue weighted by Gasteiger charge is 2.42. The highest BCUT2D eigenvalue weighted by molar-refractivity contribution is 7.80. The SMILES string of the molecule is COCC(=O)Nc1ccc(N2C(=S)N[C@H](c3ccccn3)[C@H]2c2cc(C)n(-c3ccccc3C)c2C)cc1. The fourth-order valence-corrected chi connectivity index (χ4v) is 5.60. The van der Waals surface area contributed by atoms with Gasteiger partial charge in [0.2, 0.25) is 5.91 Å². The molecule has 0 spiro atoms. The van der Waals surface area contributed by atoms with Crippen LogP contribution in [-0.2, 0) is 9.53 Å². The first-order valence-electron chi connectivity index (χ1n) is 12.5. The van der Waals surface area contributed by atoms with Crippen LogP contribution >= 0.6 is 12.2 Å². The Morgan fingerprint density at radius 1 is 1.05 bits per heavy atom. The first kappa shape index (κ1) is 25.6. The maximum atomic E-state index is 12.0. The lowest BCUT2D eigenvalue weighted by atomic mass is 9.96. The average Bonchev–Trinajstić information content (AvgIpc) is 3.40. The molecule has 5 rings (SSSR count). The molecule has 7 nitrogen and oxygen atoms in total. The summed E-state index contributed by atoms with van der Waals surface area (Å²) in [5.74, 6) is -0.199. The molecule has 1 aliphatic rings. The molecular formula is C30H31N5O2S. The predicted octanol–water partition coefficient (Wildman–Crippen LogP) is 5.56. The number of aromatic nitrogens is 2. The van der Waals surface area contributed by atoms with Gasteiger partial charge in [0, 0.05) is 41.8 Å². The van der Waals surface area contributed by atoms with Crippen molar-refractivity contribution in [3.63, 3.8) is 0 Å². The summed E-state index contributed by atoms with van der Waals surface area (Å²) < 4.78 is 7.23. The number of hydrogen-bond acceptors (Lipinski definition) is 4. The molecule has 2 aromatic heterocycles. The number of anilines is 2. The summed E-state index contributed by atoms with van der Waals surface area (Å²) in [6.07, 6.45) is 1.81. The Kier molecular flexibility index (Phi) is 7.26. The monoisotopic (exact) mass is 525 g/mol. The van der Waals surface area contributed by atoms with E-state index in [0.29, 0.717) is 10.8 Å². The Labute approximate surface area is 228 Å². The number of rotatable bonds is 7. The fourth-order valence-electron chi connectivity index (χ4n) is 5.25. The Morgan fingerprint density at radius 3 is 2.47 bits per heavy atom. The molecule has 1 aliphatic heterocycles. The number of thiocarbonyl (C=S) groups is 1. The van der Waals surface area contributed by atoms with E-state index in [1.54, 1.807) is 0 Å². The molecule has 2 aromatic carbocycles. The third-order valence-electron chi connectivity index (χ3n) is 6.95. The summed E-state index contributed by atoms with van der Waals surface area (Å²) >= 11 is 5.91. The topological polar surface area (TPSA) is 71.4 Å². The van der Waals surface area contributed by atoms with Crippen LogP contribution in [0.2, 0.25) is 0 Å². The quantitative estimate of drug-likeness (QED) is 0.308. The number of nitrogens with zero attached hydrogens (tertiary/aromatic N) is 3. The third kappa shape index (κ3) is 4.80. The van der Waals surface area contributed by atoms with Crippen molar-refractivity contribution in [1.29, 1.82) is 0 Å². The van der Waals surface area contributed by atoms with E-state index in [1.165, 1.54) is 23.9 Å². The summed E-state index contributed by atoms with van der Waals surface area (Å²) in [6.45, 7) is 6.45. The average molecular weight is 526 g/mol. The minimum absolute atomic E-state index is 0.00617. The molecule has 0 aliphatic carbocycles. The molecule has 1 fully saturated rings. The zero-order valence-corrected chi connectivity index (χ0v) is 22.8. The first-order valence-corrected chi connectivity index (χ1v) is 12.9.